The van der Waals surface area contributed by atoms with E-state index in [1.54, 1.807) is 60.7 Å². The first-order valence-corrected chi connectivity index (χ1v) is 15.9. The maximum atomic E-state index is 13.2. The highest BCUT2D eigenvalue weighted by molar-refractivity contribution is 7.86. The molecule has 0 saturated carbocycles. The monoisotopic (exact) mass is 644 g/mol. The molecule has 5 rings (SSSR count). The van der Waals surface area contributed by atoms with Crippen LogP contribution in [0.25, 0.3) is 12.2 Å². The van der Waals surface area contributed by atoms with Gasteiger partial charge in [-0.15, -0.1) is 4.28 Å². The summed E-state index contributed by atoms with van der Waals surface area (Å²) < 4.78 is 64.2. The molecule has 4 aromatic carbocycles. The molecule has 0 aliphatic rings. The molecule has 0 unspecified atom stereocenters. The number of anilines is 4. The largest absolute Gasteiger partial charge is 0.324 e. The molecule has 1 aromatic heterocycles. The molecule has 0 aliphatic heterocycles. The molecule has 228 valence electrons. The van der Waals surface area contributed by atoms with E-state index in [2.05, 4.69) is 25.6 Å². The van der Waals surface area contributed by atoms with Crippen molar-refractivity contribution in [3.05, 3.63) is 126 Å². The number of hydrogen-bond acceptors (Lipinski definition) is 11. The number of para-hydroxylation sites is 2. The first-order chi connectivity index (χ1) is 21.6. The number of rotatable bonds is 11. The lowest BCUT2D eigenvalue weighted by Gasteiger charge is -2.11. The van der Waals surface area contributed by atoms with Gasteiger partial charge in [-0.05, 0) is 47.5 Å². The van der Waals surface area contributed by atoms with E-state index in [9.17, 15) is 26.2 Å². The number of benzene rings is 4. The number of nitrogens with one attached hydrogen (secondary N) is 3. The van der Waals surface area contributed by atoms with E-state index in [1.165, 1.54) is 48.6 Å². The zero-order valence-corrected chi connectivity index (χ0v) is 24.7. The number of amides is 1. The van der Waals surface area contributed by atoms with Crippen LogP contribution in [-0.4, -0.2) is 42.2 Å². The predicted molar refractivity (Wildman–Crippen MR) is 167 cm³/mol. The van der Waals surface area contributed by atoms with Gasteiger partial charge in [0, 0.05) is 11.4 Å². The summed E-state index contributed by atoms with van der Waals surface area (Å²) in [5.74, 6) is -1.53. The molecule has 15 heteroatoms. The summed E-state index contributed by atoms with van der Waals surface area (Å²) in [6, 6.07) is 29.2. The lowest BCUT2D eigenvalue weighted by Crippen LogP contribution is -2.29. The Balaban J connectivity index is 1.38. The Hall–Kier alpha value is -5.48. The van der Waals surface area contributed by atoms with Crippen LogP contribution in [0, 0.1) is 0 Å². The average Bonchev–Trinajstić information content (AvgIpc) is 3.03. The zero-order chi connectivity index (χ0) is 31.9. The fraction of sp³-hybridized carbons (Fsp3) is 0. The van der Waals surface area contributed by atoms with E-state index in [1.807, 2.05) is 17.6 Å². The predicted octanol–water partition coefficient (Wildman–Crippen LogP) is 4.83. The van der Waals surface area contributed by atoms with E-state index in [-0.39, 0.29) is 32.8 Å². The topological polar surface area (TPSA) is 190 Å². The van der Waals surface area contributed by atoms with Crippen molar-refractivity contribution >= 4 is 61.6 Å². The van der Waals surface area contributed by atoms with Crippen molar-refractivity contribution in [1.82, 2.24) is 20.4 Å². The smallest absolute Gasteiger partial charge is 0.318 e. The standard InChI is InChI=1S/C30H24N6O7S2/c37-28(27-33-29(31-23-13-3-1-4-14-23)35-30(34-27)32-24-15-5-2-6-16-24)36-43-45(41,42)26-18-10-8-12-22(26)20-19-21-11-7-9-17-25(21)44(38,39)40/h1-20H,(H,36,37)(H,38,39,40)(H2,31,32,33,34,35). The summed E-state index contributed by atoms with van der Waals surface area (Å²) >= 11 is 0. The average molecular weight is 645 g/mol. The number of carbonyl (C=O) groups excluding carboxylic acids is 1. The van der Waals surface area contributed by atoms with Crippen LogP contribution in [0.2, 0.25) is 0 Å². The van der Waals surface area contributed by atoms with Gasteiger partial charge < -0.3 is 10.6 Å². The number of carbonyl (C=O) groups is 1. The Kier molecular flexibility index (Phi) is 9.25. The third-order valence-corrected chi connectivity index (χ3v) is 8.11. The number of hydrogen-bond donors (Lipinski definition) is 4. The molecule has 0 saturated heterocycles. The number of nitrogens with zero attached hydrogens (tertiary/aromatic N) is 3. The van der Waals surface area contributed by atoms with E-state index >= 15 is 0 Å². The molecule has 5 aromatic rings. The second-order valence-electron chi connectivity index (χ2n) is 9.14. The molecule has 13 nitrogen and oxygen atoms in total. The molecular weight excluding hydrogens is 620 g/mol. The van der Waals surface area contributed by atoms with Crippen LogP contribution in [0.4, 0.5) is 23.3 Å². The fourth-order valence-corrected chi connectivity index (χ4v) is 5.58. The van der Waals surface area contributed by atoms with E-state index in [0.29, 0.717) is 11.4 Å². The third-order valence-electron chi connectivity index (χ3n) is 5.97. The quantitative estimate of drug-likeness (QED) is 0.0872. The zero-order valence-electron chi connectivity index (χ0n) is 23.1. The normalized spacial score (nSPS) is 11.7. The molecule has 0 fully saturated rings. The van der Waals surface area contributed by atoms with Crippen molar-refractivity contribution in [1.29, 1.82) is 0 Å². The minimum atomic E-state index is -4.61. The molecule has 0 atom stereocenters. The van der Waals surface area contributed by atoms with Crippen LogP contribution in [-0.2, 0) is 24.5 Å². The molecular formula is C30H24N6O7S2. The first kappa shape index (κ1) is 31.0. The summed E-state index contributed by atoms with van der Waals surface area (Å²) in [7, 11) is -9.14. The molecule has 0 bridgehead atoms. The van der Waals surface area contributed by atoms with Crippen LogP contribution in [0.15, 0.2) is 119 Å². The molecule has 45 heavy (non-hydrogen) atoms. The van der Waals surface area contributed by atoms with Gasteiger partial charge >= 0.3 is 16.0 Å². The van der Waals surface area contributed by atoms with Gasteiger partial charge in [0.05, 0.1) is 0 Å². The SMILES string of the molecule is O=C(NOS(=O)(=O)c1ccccc1C=Cc1ccccc1S(=O)(=O)O)c1nc(Nc2ccccc2)nc(Nc2ccccc2)n1. The molecule has 0 aliphatic carbocycles. The van der Waals surface area contributed by atoms with Crippen LogP contribution in [0.3, 0.4) is 0 Å². The minimum Gasteiger partial charge on any atom is -0.324 e. The Morgan fingerprint density at radius 1 is 0.622 bits per heavy atom. The van der Waals surface area contributed by atoms with Gasteiger partial charge in [-0.1, -0.05) is 84.9 Å². The highest BCUT2D eigenvalue weighted by atomic mass is 32.2. The lowest BCUT2D eigenvalue weighted by molar-refractivity contribution is 0.0759. The van der Waals surface area contributed by atoms with Gasteiger partial charge in [0.1, 0.15) is 9.79 Å². The van der Waals surface area contributed by atoms with E-state index in [4.69, 9.17) is 4.28 Å². The highest BCUT2D eigenvalue weighted by Gasteiger charge is 2.23. The van der Waals surface area contributed by atoms with Gasteiger partial charge in [-0.25, -0.2) is 5.48 Å². The van der Waals surface area contributed by atoms with Crippen molar-refractivity contribution in [2.24, 2.45) is 0 Å². The maximum Gasteiger partial charge on any atom is 0.318 e. The summed E-state index contributed by atoms with van der Waals surface area (Å²) in [4.78, 5) is 24.9. The molecule has 4 N–H and O–H groups in total. The summed E-state index contributed by atoms with van der Waals surface area (Å²) in [6.45, 7) is 0. The van der Waals surface area contributed by atoms with Gasteiger partial charge in [0.2, 0.25) is 17.7 Å². The minimum absolute atomic E-state index is 0.00305. The second kappa shape index (κ2) is 13.4. The summed E-state index contributed by atoms with van der Waals surface area (Å²) in [5, 5.41) is 5.94. The van der Waals surface area contributed by atoms with E-state index < -0.39 is 32.0 Å². The highest BCUT2D eigenvalue weighted by Crippen LogP contribution is 2.23. The fourth-order valence-electron chi connectivity index (χ4n) is 3.95. The van der Waals surface area contributed by atoms with Gasteiger partial charge in [0.15, 0.2) is 0 Å². The second-order valence-corrected chi connectivity index (χ2v) is 12.0. The lowest BCUT2D eigenvalue weighted by atomic mass is 10.1. The Bertz CT molecular complexity index is 2020. The Labute approximate surface area is 258 Å². The third kappa shape index (κ3) is 8.12. The Morgan fingerprint density at radius 3 is 1.58 bits per heavy atom. The summed E-state index contributed by atoms with van der Waals surface area (Å²) in [5.41, 5.74) is 3.37. The van der Waals surface area contributed by atoms with E-state index in [0.717, 1.165) is 0 Å². The van der Waals surface area contributed by atoms with Crippen molar-refractivity contribution in [2.45, 2.75) is 9.79 Å². The van der Waals surface area contributed by atoms with Crippen LogP contribution in [0.1, 0.15) is 21.7 Å². The van der Waals surface area contributed by atoms with Gasteiger partial charge in [-0.2, -0.15) is 31.8 Å². The van der Waals surface area contributed by atoms with Crippen molar-refractivity contribution < 1.29 is 30.5 Å². The first-order valence-electron chi connectivity index (χ1n) is 13.1. The van der Waals surface area contributed by atoms with Gasteiger partial charge in [0.25, 0.3) is 10.1 Å². The van der Waals surface area contributed by atoms with Crippen LogP contribution < -0.4 is 16.1 Å². The van der Waals surface area contributed by atoms with Crippen molar-refractivity contribution in [3.63, 3.8) is 0 Å². The molecule has 0 spiro atoms. The van der Waals surface area contributed by atoms with Crippen molar-refractivity contribution in [2.75, 3.05) is 10.6 Å². The number of hydroxylamine groups is 1. The van der Waals surface area contributed by atoms with Gasteiger partial charge in [-0.3, -0.25) is 9.35 Å². The Morgan fingerprint density at radius 2 is 1.07 bits per heavy atom. The van der Waals surface area contributed by atoms with Crippen molar-refractivity contribution in [3.8, 4) is 0 Å². The molecule has 0 radical (unpaired) electrons. The van der Waals surface area contributed by atoms with Crippen LogP contribution in [0.5, 0.6) is 0 Å². The van der Waals surface area contributed by atoms with Crippen LogP contribution >= 0.6 is 0 Å². The molecule has 1 amide bonds. The summed E-state index contributed by atoms with van der Waals surface area (Å²) in [6.07, 6.45) is 2.65. The maximum absolute atomic E-state index is 13.2. The number of aromatic nitrogens is 3. The molecule has 1 heterocycles.